The van der Waals surface area contributed by atoms with Crippen LogP contribution in [-0.2, 0) is 16.0 Å². The van der Waals surface area contributed by atoms with Crippen molar-refractivity contribution in [2.45, 2.75) is 46.1 Å². The minimum atomic E-state index is -0.219. The fourth-order valence-electron chi connectivity index (χ4n) is 3.72. The van der Waals surface area contributed by atoms with Gasteiger partial charge in [-0.25, -0.2) is 4.98 Å². The van der Waals surface area contributed by atoms with Crippen LogP contribution in [0.3, 0.4) is 0 Å². The molecule has 0 unspecified atom stereocenters. The molecule has 0 aliphatic carbocycles. The van der Waals surface area contributed by atoms with Gasteiger partial charge in [0.15, 0.2) is 0 Å². The Morgan fingerprint density at radius 1 is 1.30 bits per heavy atom. The van der Waals surface area contributed by atoms with E-state index in [-0.39, 0.29) is 23.8 Å². The predicted molar refractivity (Wildman–Crippen MR) is 108 cm³/mol. The number of carbonyl (C=O) groups excluding carboxylic acids is 2. The summed E-state index contributed by atoms with van der Waals surface area (Å²) in [4.78, 5) is 31.7. The first-order valence-corrected chi connectivity index (χ1v) is 10.4. The molecule has 2 heterocycles. The van der Waals surface area contributed by atoms with Gasteiger partial charge in [-0.3, -0.25) is 9.59 Å². The maximum Gasteiger partial charge on any atom is 0.225 e. The van der Waals surface area contributed by atoms with Crippen molar-refractivity contribution in [3.05, 3.63) is 51.5 Å². The Morgan fingerprint density at radius 3 is 2.67 bits per heavy atom. The van der Waals surface area contributed by atoms with Gasteiger partial charge in [0.05, 0.1) is 17.0 Å². The molecule has 0 radical (unpaired) electrons. The van der Waals surface area contributed by atoms with Gasteiger partial charge in [0.2, 0.25) is 11.8 Å². The zero-order valence-electron chi connectivity index (χ0n) is 16.2. The lowest BCUT2D eigenvalue weighted by Gasteiger charge is -2.40. The van der Waals surface area contributed by atoms with Gasteiger partial charge < -0.3 is 10.2 Å². The first-order chi connectivity index (χ1) is 13.0. The summed E-state index contributed by atoms with van der Waals surface area (Å²) >= 11 is 1.62. The van der Waals surface area contributed by atoms with Crippen LogP contribution in [0.5, 0.6) is 0 Å². The lowest BCUT2D eigenvalue weighted by atomic mass is 9.83. The Kier molecular flexibility index (Phi) is 6.26. The fraction of sp³-hybridized carbons (Fsp3) is 0.476. The third kappa shape index (κ3) is 4.56. The van der Waals surface area contributed by atoms with E-state index in [1.54, 1.807) is 11.3 Å². The van der Waals surface area contributed by atoms with Crippen LogP contribution >= 0.6 is 11.3 Å². The normalized spacial score (nSPS) is 20.0. The summed E-state index contributed by atoms with van der Waals surface area (Å²) in [7, 11) is 0. The number of carbonyl (C=O) groups is 2. The van der Waals surface area contributed by atoms with Crippen molar-refractivity contribution in [2.75, 3.05) is 13.1 Å². The highest BCUT2D eigenvalue weighted by Gasteiger charge is 2.39. The molecule has 1 aromatic carbocycles. The smallest absolute Gasteiger partial charge is 0.225 e. The number of amides is 2. The highest BCUT2D eigenvalue weighted by Crippen LogP contribution is 2.36. The van der Waals surface area contributed by atoms with Crippen LogP contribution in [0, 0.1) is 19.8 Å². The van der Waals surface area contributed by atoms with E-state index in [4.69, 9.17) is 0 Å². The number of rotatable bonds is 6. The Labute approximate surface area is 164 Å². The summed E-state index contributed by atoms with van der Waals surface area (Å²) in [5.41, 5.74) is 3.22. The molecular weight excluding hydrogens is 358 g/mol. The molecule has 144 valence electrons. The number of hydrogen-bond acceptors (Lipinski definition) is 4. The summed E-state index contributed by atoms with van der Waals surface area (Å²) in [5, 5.41) is 6.13. The second-order valence-electron chi connectivity index (χ2n) is 7.10. The van der Waals surface area contributed by atoms with Gasteiger partial charge in [0.25, 0.3) is 0 Å². The number of nitrogens with zero attached hydrogens (tertiary/aromatic N) is 2. The molecular formula is C21H27N3O2S. The molecule has 2 amide bonds. The van der Waals surface area contributed by atoms with Crippen molar-refractivity contribution in [2.24, 2.45) is 5.92 Å². The average molecular weight is 386 g/mol. The molecule has 27 heavy (non-hydrogen) atoms. The molecule has 1 N–H and O–H groups in total. The molecule has 2 aromatic rings. The molecule has 1 aliphatic rings. The van der Waals surface area contributed by atoms with E-state index in [2.05, 4.69) is 10.3 Å². The van der Waals surface area contributed by atoms with Gasteiger partial charge in [-0.2, -0.15) is 0 Å². The van der Waals surface area contributed by atoms with E-state index in [0.29, 0.717) is 25.9 Å². The number of aromatic nitrogens is 1. The topological polar surface area (TPSA) is 62.3 Å². The summed E-state index contributed by atoms with van der Waals surface area (Å²) < 4.78 is 0. The van der Waals surface area contributed by atoms with E-state index in [1.165, 1.54) is 5.56 Å². The van der Waals surface area contributed by atoms with Gasteiger partial charge in [-0.05, 0) is 32.8 Å². The third-order valence-corrected chi connectivity index (χ3v) is 6.13. The Hall–Kier alpha value is -2.21. The maximum absolute atomic E-state index is 12.9. The van der Waals surface area contributed by atoms with Crippen LogP contribution in [0.15, 0.2) is 29.6 Å². The summed E-state index contributed by atoms with van der Waals surface area (Å²) in [6.07, 6.45) is 1.76. The number of likely N-dealkylation sites (tertiary alicyclic amines) is 1. The lowest BCUT2D eigenvalue weighted by Crippen LogP contribution is -2.48. The molecule has 1 saturated heterocycles. The first-order valence-electron chi connectivity index (χ1n) is 9.54. The largest absolute Gasteiger partial charge is 0.355 e. The Morgan fingerprint density at radius 2 is 2.04 bits per heavy atom. The van der Waals surface area contributed by atoms with Gasteiger partial charge in [0, 0.05) is 37.0 Å². The highest BCUT2D eigenvalue weighted by molar-refractivity contribution is 7.09. The van der Waals surface area contributed by atoms with Crippen molar-refractivity contribution in [1.29, 1.82) is 0 Å². The maximum atomic E-state index is 12.9. The fourth-order valence-corrected chi connectivity index (χ4v) is 4.49. The van der Waals surface area contributed by atoms with E-state index in [9.17, 15) is 9.59 Å². The molecule has 1 aliphatic heterocycles. The number of piperidine rings is 1. The number of aryl methyl sites for hydroxylation is 2. The molecule has 0 spiro atoms. The zero-order valence-corrected chi connectivity index (χ0v) is 17.0. The van der Waals surface area contributed by atoms with Crippen LogP contribution in [0.25, 0.3) is 0 Å². The number of thiazole rings is 1. The van der Waals surface area contributed by atoms with Crippen molar-refractivity contribution < 1.29 is 9.59 Å². The van der Waals surface area contributed by atoms with Gasteiger partial charge >= 0.3 is 0 Å². The van der Waals surface area contributed by atoms with E-state index < -0.39 is 0 Å². The second-order valence-corrected chi connectivity index (χ2v) is 8.05. The molecule has 1 fully saturated rings. The number of hydrogen-bond donors (Lipinski definition) is 1. The van der Waals surface area contributed by atoms with Crippen LogP contribution in [0.1, 0.15) is 47.6 Å². The quantitative estimate of drug-likeness (QED) is 0.829. The monoisotopic (exact) mass is 385 g/mol. The lowest BCUT2D eigenvalue weighted by molar-refractivity contribution is -0.143. The zero-order chi connectivity index (χ0) is 19.4. The molecule has 1 aromatic heterocycles. The van der Waals surface area contributed by atoms with E-state index >= 15 is 0 Å². The van der Waals surface area contributed by atoms with Crippen molar-refractivity contribution in [3.8, 4) is 0 Å². The number of benzene rings is 1. The SMILES string of the molecule is CCN1C(=O)CC[C@@H](C(=O)NCCc2nc(C)cs2)[C@@H]1c1ccc(C)cc1. The Balaban J connectivity index is 1.72. The van der Waals surface area contributed by atoms with Crippen LogP contribution in [0.4, 0.5) is 0 Å². The molecule has 5 nitrogen and oxygen atoms in total. The summed E-state index contributed by atoms with van der Waals surface area (Å²) in [6, 6.07) is 7.98. The van der Waals surface area contributed by atoms with Crippen molar-refractivity contribution >= 4 is 23.2 Å². The molecule has 0 bridgehead atoms. The van der Waals surface area contributed by atoms with Gasteiger partial charge in [-0.15, -0.1) is 11.3 Å². The number of nitrogens with one attached hydrogen (secondary N) is 1. The van der Waals surface area contributed by atoms with Crippen LogP contribution in [-0.4, -0.2) is 34.8 Å². The van der Waals surface area contributed by atoms with Gasteiger partial charge in [-0.1, -0.05) is 29.8 Å². The van der Waals surface area contributed by atoms with Crippen LogP contribution < -0.4 is 5.32 Å². The highest BCUT2D eigenvalue weighted by atomic mass is 32.1. The Bertz CT molecular complexity index is 800. The molecule has 6 heteroatoms. The first kappa shape index (κ1) is 19.5. The minimum absolute atomic E-state index is 0.0276. The molecule has 0 saturated carbocycles. The molecule has 2 atom stereocenters. The van der Waals surface area contributed by atoms with Crippen molar-refractivity contribution in [1.82, 2.24) is 15.2 Å². The second kappa shape index (κ2) is 8.65. The molecule has 3 rings (SSSR count). The van der Waals surface area contributed by atoms with Crippen LogP contribution in [0.2, 0.25) is 0 Å². The van der Waals surface area contributed by atoms with E-state index in [1.807, 2.05) is 55.3 Å². The average Bonchev–Trinajstić information content (AvgIpc) is 3.07. The summed E-state index contributed by atoms with van der Waals surface area (Å²) in [6.45, 7) is 7.17. The third-order valence-electron chi connectivity index (χ3n) is 5.11. The van der Waals surface area contributed by atoms with Gasteiger partial charge in [0.1, 0.15) is 0 Å². The van der Waals surface area contributed by atoms with E-state index in [0.717, 1.165) is 22.7 Å². The standard InChI is InChI=1S/C21H27N3O2S/c1-4-24-19(25)10-9-17(20(24)16-7-5-14(2)6-8-16)21(26)22-12-11-18-23-15(3)13-27-18/h5-8,13,17,20H,4,9-12H2,1-3H3,(H,22,26)/t17-,20+/m1/s1. The van der Waals surface area contributed by atoms with Crippen molar-refractivity contribution in [3.63, 3.8) is 0 Å². The minimum Gasteiger partial charge on any atom is -0.355 e. The predicted octanol–water partition coefficient (Wildman–Crippen LogP) is 3.42. The summed E-state index contributed by atoms with van der Waals surface area (Å²) in [5.74, 6) is -0.0615.